The van der Waals surface area contributed by atoms with Crippen molar-refractivity contribution in [3.63, 3.8) is 0 Å². The highest BCUT2D eigenvalue weighted by Crippen LogP contribution is 2.17. The summed E-state index contributed by atoms with van der Waals surface area (Å²) in [7, 11) is 0. The number of thioether (sulfide) groups is 1. The number of nitrogens with one attached hydrogen (secondary N) is 2. The van der Waals surface area contributed by atoms with Gasteiger partial charge in [-0.05, 0) is 23.4 Å². The molecule has 100 valence electrons. The molecule has 2 N–H and O–H groups in total. The van der Waals surface area contributed by atoms with Crippen LogP contribution in [-0.4, -0.2) is 38.1 Å². The van der Waals surface area contributed by atoms with Crippen LogP contribution in [0.15, 0.2) is 29.2 Å². The first kappa shape index (κ1) is 13.9. The Labute approximate surface area is 114 Å². The summed E-state index contributed by atoms with van der Waals surface area (Å²) < 4.78 is 5.64. The maximum atomic E-state index is 5.64. The van der Waals surface area contributed by atoms with Crippen LogP contribution in [0, 0.1) is 0 Å². The van der Waals surface area contributed by atoms with Gasteiger partial charge in [0.05, 0.1) is 12.7 Å². The maximum Gasteiger partial charge on any atom is 0.0824 e. The molecule has 18 heavy (non-hydrogen) atoms. The molecule has 0 saturated carbocycles. The third-order valence-electron chi connectivity index (χ3n) is 2.94. The van der Waals surface area contributed by atoms with E-state index in [0.29, 0.717) is 6.10 Å². The molecule has 1 aliphatic heterocycles. The number of benzene rings is 1. The minimum absolute atomic E-state index is 0.314. The van der Waals surface area contributed by atoms with Gasteiger partial charge in [-0.15, -0.1) is 11.8 Å². The molecule has 1 heterocycles. The predicted octanol–water partition coefficient (Wildman–Crippen LogP) is 1.88. The molecule has 1 atom stereocenters. The Balaban J connectivity index is 1.69. The average Bonchev–Trinajstić information content (AvgIpc) is 2.42. The summed E-state index contributed by atoms with van der Waals surface area (Å²) in [6, 6.07) is 8.80. The minimum atomic E-state index is 0.314. The standard InChI is InChI=1S/C14H22N2OS/c1-2-18-14-5-3-12(4-6-14)9-16-11-13-10-15-7-8-17-13/h3-6,13,15-16H,2,7-11H2,1H3. The van der Waals surface area contributed by atoms with E-state index >= 15 is 0 Å². The van der Waals surface area contributed by atoms with Gasteiger partial charge in [0, 0.05) is 31.1 Å². The SMILES string of the molecule is CCSc1ccc(CNCC2CNCCO2)cc1. The Kier molecular flexibility index (Phi) is 6.00. The fraction of sp³-hybridized carbons (Fsp3) is 0.571. The van der Waals surface area contributed by atoms with E-state index in [1.165, 1.54) is 10.5 Å². The van der Waals surface area contributed by atoms with Crippen LogP contribution in [0.3, 0.4) is 0 Å². The van der Waals surface area contributed by atoms with Gasteiger partial charge in [0.25, 0.3) is 0 Å². The summed E-state index contributed by atoms with van der Waals surface area (Å²) >= 11 is 1.88. The van der Waals surface area contributed by atoms with Crippen molar-refractivity contribution in [2.24, 2.45) is 0 Å². The van der Waals surface area contributed by atoms with Gasteiger partial charge in [-0.1, -0.05) is 19.1 Å². The molecular weight excluding hydrogens is 244 g/mol. The van der Waals surface area contributed by atoms with Crippen LogP contribution < -0.4 is 10.6 Å². The van der Waals surface area contributed by atoms with E-state index in [9.17, 15) is 0 Å². The molecule has 1 fully saturated rings. The van der Waals surface area contributed by atoms with Gasteiger partial charge in [0.2, 0.25) is 0 Å². The second-order valence-corrected chi connectivity index (χ2v) is 5.74. The van der Waals surface area contributed by atoms with Crippen LogP contribution in [-0.2, 0) is 11.3 Å². The van der Waals surface area contributed by atoms with Gasteiger partial charge < -0.3 is 15.4 Å². The Morgan fingerprint density at radius 1 is 1.39 bits per heavy atom. The molecule has 0 aromatic heterocycles. The molecule has 0 bridgehead atoms. The van der Waals surface area contributed by atoms with Crippen molar-refractivity contribution < 1.29 is 4.74 Å². The second kappa shape index (κ2) is 7.79. The quantitative estimate of drug-likeness (QED) is 0.770. The van der Waals surface area contributed by atoms with E-state index in [2.05, 4.69) is 41.8 Å². The molecule has 0 aliphatic carbocycles. The summed E-state index contributed by atoms with van der Waals surface area (Å²) in [5, 5.41) is 6.79. The molecular formula is C14H22N2OS. The fourth-order valence-corrected chi connectivity index (χ4v) is 2.66. The second-order valence-electron chi connectivity index (χ2n) is 4.40. The molecule has 1 aromatic carbocycles. The van der Waals surface area contributed by atoms with E-state index in [1.54, 1.807) is 0 Å². The lowest BCUT2D eigenvalue weighted by Crippen LogP contribution is -2.43. The molecule has 0 amide bonds. The van der Waals surface area contributed by atoms with Crippen molar-refractivity contribution in [2.45, 2.75) is 24.5 Å². The van der Waals surface area contributed by atoms with E-state index < -0.39 is 0 Å². The highest BCUT2D eigenvalue weighted by atomic mass is 32.2. The van der Waals surface area contributed by atoms with E-state index in [-0.39, 0.29) is 0 Å². The van der Waals surface area contributed by atoms with Gasteiger partial charge in [0.1, 0.15) is 0 Å². The number of hydrogen-bond donors (Lipinski definition) is 2. The highest BCUT2D eigenvalue weighted by molar-refractivity contribution is 7.99. The first-order valence-electron chi connectivity index (χ1n) is 6.63. The van der Waals surface area contributed by atoms with E-state index in [0.717, 1.165) is 38.5 Å². The highest BCUT2D eigenvalue weighted by Gasteiger charge is 2.11. The largest absolute Gasteiger partial charge is 0.374 e. The van der Waals surface area contributed by atoms with Crippen molar-refractivity contribution in [1.29, 1.82) is 0 Å². The fourth-order valence-electron chi connectivity index (χ4n) is 2.00. The van der Waals surface area contributed by atoms with Crippen molar-refractivity contribution in [2.75, 3.05) is 32.0 Å². The lowest BCUT2D eigenvalue weighted by molar-refractivity contribution is 0.0290. The van der Waals surface area contributed by atoms with Gasteiger partial charge in [0.15, 0.2) is 0 Å². The normalized spacial score (nSPS) is 19.9. The van der Waals surface area contributed by atoms with Crippen LogP contribution in [0.2, 0.25) is 0 Å². The Hall–Kier alpha value is -0.550. The smallest absolute Gasteiger partial charge is 0.0824 e. The average molecular weight is 266 g/mol. The minimum Gasteiger partial charge on any atom is -0.374 e. The van der Waals surface area contributed by atoms with Crippen LogP contribution in [0.5, 0.6) is 0 Å². The van der Waals surface area contributed by atoms with Crippen molar-refractivity contribution in [3.05, 3.63) is 29.8 Å². The van der Waals surface area contributed by atoms with Crippen LogP contribution >= 0.6 is 11.8 Å². The molecule has 4 heteroatoms. The lowest BCUT2D eigenvalue weighted by Gasteiger charge is -2.23. The molecule has 2 rings (SSSR count). The molecule has 0 spiro atoms. The van der Waals surface area contributed by atoms with Crippen LogP contribution in [0.25, 0.3) is 0 Å². The summed E-state index contributed by atoms with van der Waals surface area (Å²) in [6.45, 7) is 6.77. The molecule has 0 radical (unpaired) electrons. The van der Waals surface area contributed by atoms with Crippen molar-refractivity contribution in [3.8, 4) is 0 Å². The lowest BCUT2D eigenvalue weighted by atomic mass is 10.2. The van der Waals surface area contributed by atoms with Crippen LogP contribution in [0.1, 0.15) is 12.5 Å². The van der Waals surface area contributed by atoms with Gasteiger partial charge in [-0.3, -0.25) is 0 Å². The molecule has 1 aromatic rings. The zero-order chi connectivity index (χ0) is 12.6. The predicted molar refractivity (Wildman–Crippen MR) is 77.2 cm³/mol. The van der Waals surface area contributed by atoms with Gasteiger partial charge in [-0.25, -0.2) is 0 Å². The summed E-state index contributed by atoms with van der Waals surface area (Å²) in [5.41, 5.74) is 1.33. The Morgan fingerprint density at radius 2 is 2.22 bits per heavy atom. The number of rotatable bonds is 6. The number of ether oxygens (including phenoxy) is 1. The Morgan fingerprint density at radius 3 is 2.89 bits per heavy atom. The monoisotopic (exact) mass is 266 g/mol. The molecule has 1 saturated heterocycles. The number of morpholine rings is 1. The summed E-state index contributed by atoms with van der Waals surface area (Å²) in [6.07, 6.45) is 0.314. The van der Waals surface area contributed by atoms with Gasteiger partial charge >= 0.3 is 0 Å². The van der Waals surface area contributed by atoms with E-state index in [4.69, 9.17) is 4.74 Å². The van der Waals surface area contributed by atoms with Crippen LogP contribution in [0.4, 0.5) is 0 Å². The van der Waals surface area contributed by atoms with Gasteiger partial charge in [-0.2, -0.15) is 0 Å². The zero-order valence-corrected chi connectivity index (χ0v) is 11.8. The van der Waals surface area contributed by atoms with E-state index in [1.807, 2.05) is 11.8 Å². The molecule has 1 aliphatic rings. The third-order valence-corrected chi connectivity index (χ3v) is 3.83. The maximum absolute atomic E-state index is 5.64. The number of hydrogen-bond acceptors (Lipinski definition) is 4. The zero-order valence-electron chi connectivity index (χ0n) is 10.9. The third kappa shape index (κ3) is 4.61. The first-order chi connectivity index (χ1) is 8.88. The first-order valence-corrected chi connectivity index (χ1v) is 7.62. The van der Waals surface area contributed by atoms with Crippen molar-refractivity contribution in [1.82, 2.24) is 10.6 Å². The molecule has 1 unspecified atom stereocenters. The van der Waals surface area contributed by atoms with Crippen molar-refractivity contribution >= 4 is 11.8 Å². The molecule has 3 nitrogen and oxygen atoms in total. The summed E-state index contributed by atoms with van der Waals surface area (Å²) in [5.74, 6) is 1.13. The summed E-state index contributed by atoms with van der Waals surface area (Å²) in [4.78, 5) is 1.35. The topological polar surface area (TPSA) is 33.3 Å². The Bertz CT molecular complexity index is 336.